The molecule has 1 aliphatic heterocycles. The minimum Gasteiger partial charge on any atom is -0.326 e. The van der Waals surface area contributed by atoms with Crippen molar-refractivity contribution in [3.8, 4) is 0 Å². The summed E-state index contributed by atoms with van der Waals surface area (Å²) in [5, 5.41) is 5.58. The molecule has 3 aromatic rings. The third-order valence-corrected chi connectivity index (χ3v) is 5.21. The Hall–Kier alpha value is -3.97. The summed E-state index contributed by atoms with van der Waals surface area (Å²) in [5.41, 5.74) is 2.77. The van der Waals surface area contributed by atoms with E-state index in [1.807, 2.05) is 0 Å². The number of nitrogens with zero attached hydrogens (tertiary/aromatic N) is 1. The van der Waals surface area contributed by atoms with Crippen molar-refractivity contribution < 1.29 is 19.2 Å². The van der Waals surface area contributed by atoms with Crippen molar-refractivity contribution >= 4 is 52.3 Å². The normalized spacial score (nSPS) is 12.5. The highest BCUT2D eigenvalue weighted by Gasteiger charge is 2.37. The molecule has 1 heterocycles. The number of rotatable bonds is 5. The van der Waals surface area contributed by atoms with E-state index in [0.717, 1.165) is 10.5 Å². The standard InChI is InChI=1S/C24H18ClN3O4/c1-14(29)26-16-8-6-15(7-9-16)12-22(30)27-17-10-11-21(20(25)13-17)28-23(31)18-4-2-3-5-19(18)24(28)32/h2-11,13H,12H2,1H3,(H,26,29)(H,27,30). The lowest BCUT2D eigenvalue weighted by atomic mass is 10.1. The molecule has 0 fully saturated rings. The molecule has 0 saturated heterocycles. The van der Waals surface area contributed by atoms with Crippen LogP contribution >= 0.6 is 11.6 Å². The third kappa shape index (κ3) is 4.24. The van der Waals surface area contributed by atoms with Gasteiger partial charge in [-0.2, -0.15) is 0 Å². The van der Waals surface area contributed by atoms with Crippen LogP contribution in [0.3, 0.4) is 0 Å². The van der Waals surface area contributed by atoms with E-state index in [1.54, 1.807) is 54.6 Å². The summed E-state index contributed by atoms with van der Waals surface area (Å²) < 4.78 is 0. The molecule has 4 rings (SSSR count). The molecule has 32 heavy (non-hydrogen) atoms. The molecule has 2 N–H and O–H groups in total. The summed E-state index contributed by atoms with van der Waals surface area (Å²) in [5.74, 6) is -1.31. The maximum absolute atomic E-state index is 12.7. The van der Waals surface area contributed by atoms with Gasteiger partial charge in [0.15, 0.2) is 0 Å². The molecule has 3 aromatic carbocycles. The lowest BCUT2D eigenvalue weighted by Crippen LogP contribution is -2.29. The second kappa shape index (κ2) is 8.64. The van der Waals surface area contributed by atoms with Gasteiger partial charge in [-0.1, -0.05) is 35.9 Å². The van der Waals surface area contributed by atoms with E-state index < -0.39 is 11.8 Å². The van der Waals surface area contributed by atoms with E-state index >= 15 is 0 Å². The van der Waals surface area contributed by atoms with Crippen molar-refractivity contribution in [1.82, 2.24) is 0 Å². The summed E-state index contributed by atoms with van der Waals surface area (Å²) in [4.78, 5) is 49.9. The number of carbonyl (C=O) groups excluding carboxylic acids is 4. The largest absolute Gasteiger partial charge is 0.326 e. The van der Waals surface area contributed by atoms with Gasteiger partial charge in [-0.3, -0.25) is 19.2 Å². The van der Waals surface area contributed by atoms with Crippen LogP contribution in [-0.2, 0) is 16.0 Å². The number of anilines is 3. The Labute approximate surface area is 189 Å². The Bertz CT molecular complexity index is 1220. The number of amides is 4. The second-order valence-electron chi connectivity index (χ2n) is 7.26. The van der Waals surface area contributed by atoms with E-state index in [0.29, 0.717) is 22.5 Å². The van der Waals surface area contributed by atoms with Crippen molar-refractivity contribution in [2.45, 2.75) is 13.3 Å². The Morgan fingerprint density at radius 1 is 0.844 bits per heavy atom. The second-order valence-corrected chi connectivity index (χ2v) is 7.67. The minimum absolute atomic E-state index is 0.123. The van der Waals surface area contributed by atoms with Gasteiger partial charge in [0.2, 0.25) is 11.8 Å². The van der Waals surface area contributed by atoms with Crippen LogP contribution in [0.4, 0.5) is 17.1 Å². The summed E-state index contributed by atoms with van der Waals surface area (Å²) in [6.07, 6.45) is 0.123. The van der Waals surface area contributed by atoms with Gasteiger partial charge in [-0.15, -0.1) is 0 Å². The van der Waals surface area contributed by atoms with Gasteiger partial charge in [0.1, 0.15) is 0 Å². The van der Waals surface area contributed by atoms with Crippen LogP contribution in [0.15, 0.2) is 66.7 Å². The predicted octanol–water partition coefficient (Wildman–Crippen LogP) is 4.28. The molecule has 0 saturated carbocycles. The lowest BCUT2D eigenvalue weighted by Gasteiger charge is -2.16. The molecule has 4 amide bonds. The zero-order valence-electron chi connectivity index (χ0n) is 17.0. The SMILES string of the molecule is CC(=O)Nc1ccc(CC(=O)Nc2ccc(N3C(=O)c4ccccc4C3=O)c(Cl)c2)cc1. The molecule has 8 heteroatoms. The highest BCUT2D eigenvalue weighted by Crippen LogP contribution is 2.34. The first kappa shape index (κ1) is 21.3. The molecule has 7 nitrogen and oxygen atoms in total. The molecule has 0 aromatic heterocycles. The maximum atomic E-state index is 12.7. The van der Waals surface area contributed by atoms with Crippen LogP contribution in [-0.4, -0.2) is 23.6 Å². The predicted molar refractivity (Wildman–Crippen MR) is 122 cm³/mol. The number of imide groups is 1. The topological polar surface area (TPSA) is 95.6 Å². The first-order valence-corrected chi connectivity index (χ1v) is 10.1. The van der Waals surface area contributed by atoms with Crippen molar-refractivity contribution in [1.29, 1.82) is 0 Å². The number of hydrogen-bond donors (Lipinski definition) is 2. The third-order valence-electron chi connectivity index (χ3n) is 4.91. The van der Waals surface area contributed by atoms with Crippen LogP contribution in [0.2, 0.25) is 5.02 Å². The summed E-state index contributed by atoms with van der Waals surface area (Å²) in [7, 11) is 0. The molecule has 160 valence electrons. The van der Waals surface area contributed by atoms with E-state index in [2.05, 4.69) is 10.6 Å². The zero-order chi connectivity index (χ0) is 22.8. The molecule has 0 radical (unpaired) electrons. The Morgan fingerprint density at radius 2 is 1.44 bits per heavy atom. The molecule has 1 aliphatic rings. The van der Waals surface area contributed by atoms with Gasteiger partial charge < -0.3 is 10.6 Å². The minimum atomic E-state index is -0.438. The van der Waals surface area contributed by atoms with E-state index in [4.69, 9.17) is 11.6 Å². The van der Waals surface area contributed by atoms with Crippen LogP contribution in [0.25, 0.3) is 0 Å². The average molecular weight is 448 g/mol. The van der Waals surface area contributed by atoms with Crippen molar-refractivity contribution in [3.05, 3.63) is 88.4 Å². The average Bonchev–Trinajstić information content (AvgIpc) is 3.00. The molecule has 0 unspecified atom stereocenters. The Kier molecular flexibility index (Phi) is 5.75. The lowest BCUT2D eigenvalue weighted by molar-refractivity contribution is -0.116. The fourth-order valence-electron chi connectivity index (χ4n) is 3.47. The summed E-state index contributed by atoms with van der Waals surface area (Å²) in [6, 6.07) is 18.1. The maximum Gasteiger partial charge on any atom is 0.266 e. The van der Waals surface area contributed by atoms with Gasteiger partial charge in [0.05, 0.1) is 28.3 Å². The van der Waals surface area contributed by atoms with Gasteiger partial charge in [0, 0.05) is 18.3 Å². The number of hydrogen-bond acceptors (Lipinski definition) is 4. The van der Waals surface area contributed by atoms with Gasteiger partial charge in [-0.05, 0) is 48.0 Å². The monoisotopic (exact) mass is 447 g/mol. The van der Waals surface area contributed by atoms with Gasteiger partial charge >= 0.3 is 0 Å². The molecule has 0 aliphatic carbocycles. The molecule has 0 spiro atoms. The van der Waals surface area contributed by atoms with E-state index in [9.17, 15) is 19.2 Å². The van der Waals surface area contributed by atoms with Crippen LogP contribution in [0, 0.1) is 0 Å². The first-order valence-electron chi connectivity index (χ1n) is 9.77. The van der Waals surface area contributed by atoms with Crippen molar-refractivity contribution in [2.24, 2.45) is 0 Å². The van der Waals surface area contributed by atoms with Gasteiger partial charge in [-0.25, -0.2) is 4.90 Å². The Morgan fingerprint density at radius 3 is 2.00 bits per heavy atom. The van der Waals surface area contributed by atoms with Crippen LogP contribution < -0.4 is 15.5 Å². The first-order chi connectivity index (χ1) is 15.3. The van der Waals surface area contributed by atoms with Crippen LogP contribution in [0.1, 0.15) is 33.2 Å². The molecular weight excluding hydrogens is 430 g/mol. The number of benzene rings is 3. The van der Waals surface area contributed by atoms with Crippen molar-refractivity contribution in [3.63, 3.8) is 0 Å². The fraction of sp³-hybridized carbons (Fsp3) is 0.0833. The number of fused-ring (bicyclic) bond motifs is 1. The smallest absolute Gasteiger partial charge is 0.266 e. The molecule has 0 bridgehead atoms. The highest BCUT2D eigenvalue weighted by atomic mass is 35.5. The fourth-order valence-corrected chi connectivity index (χ4v) is 3.74. The summed E-state index contributed by atoms with van der Waals surface area (Å²) >= 11 is 6.35. The van der Waals surface area contributed by atoms with Gasteiger partial charge in [0.25, 0.3) is 11.8 Å². The quantitative estimate of drug-likeness (QED) is 0.570. The van der Waals surface area contributed by atoms with E-state index in [1.165, 1.54) is 19.1 Å². The van der Waals surface area contributed by atoms with E-state index in [-0.39, 0.29) is 28.9 Å². The molecular formula is C24H18ClN3O4. The highest BCUT2D eigenvalue weighted by molar-refractivity contribution is 6.40. The zero-order valence-corrected chi connectivity index (χ0v) is 17.8. The number of nitrogens with one attached hydrogen (secondary N) is 2. The van der Waals surface area contributed by atoms with Crippen molar-refractivity contribution in [2.75, 3.05) is 15.5 Å². The molecule has 0 atom stereocenters. The number of halogens is 1. The number of carbonyl (C=O) groups is 4. The summed E-state index contributed by atoms with van der Waals surface area (Å²) in [6.45, 7) is 1.42. The Balaban J connectivity index is 1.45. The van der Waals surface area contributed by atoms with Crippen LogP contribution in [0.5, 0.6) is 0 Å².